The maximum Gasteiger partial charge on any atom is 0.412 e. The van der Waals surface area contributed by atoms with Crippen LogP contribution in [0.4, 0.5) is 15.4 Å². The molecule has 2 amide bonds. The van der Waals surface area contributed by atoms with Crippen LogP contribution in [-0.4, -0.2) is 60.2 Å². The van der Waals surface area contributed by atoms with E-state index in [1.54, 1.807) is 24.1 Å². The fourth-order valence-electron chi connectivity index (χ4n) is 3.22. The summed E-state index contributed by atoms with van der Waals surface area (Å²) in [5.74, 6) is 0.612. The van der Waals surface area contributed by atoms with E-state index in [2.05, 4.69) is 15.5 Å². The molecule has 0 spiro atoms. The first kappa shape index (κ1) is 23.4. The van der Waals surface area contributed by atoms with Gasteiger partial charge in [-0.05, 0) is 58.2 Å². The van der Waals surface area contributed by atoms with Crippen molar-refractivity contribution < 1.29 is 23.9 Å². The highest BCUT2D eigenvalue weighted by atomic mass is 16.6. The lowest BCUT2D eigenvalue weighted by Gasteiger charge is -2.33. The molecule has 0 aromatic carbocycles. The van der Waals surface area contributed by atoms with Gasteiger partial charge in [-0.3, -0.25) is 5.32 Å². The van der Waals surface area contributed by atoms with Crippen LogP contribution in [0, 0.1) is 5.92 Å². The number of rotatable bonds is 6. The normalized spacial score (nSPS) is 15.5. The summed E-state index contributed by atoms with van der Waals surface area (Å²) in [4.78, 5) is 34.8. The zero-order valence-electron chi connectivity index (χ0n) is 18.4. The highest BCUT2D eigenvalue weighted by Gasteiger charge is 2.29. The Bertz CT molecular complexity index is 752. The van der Waals surface area contributed by atoms with Gasteiger partial charge in [0.05, 0.1) is 12.3 Å². The quantitative estimate of drug-likeness (QED) is 0.554. The molecule has 1 aliphatic heterocycles. The Morgan fingerprint density at radius 2 is 2.00 bits per heavy atom. The minimum atomic E-state index is -0.539. The molecule has 0 atom stereocenters. The third kappa shape index (κ3) is 7.53. The highest BCUT2D eigenvalue weighted by molar-refractivity contribution is 5.89. The molecule has 1 N–H and O–H groups in total. The van der Waals surface area contributed by atoms with Crippen LogP contribution in [0.2, 0.25) is 0 Å². The lowest BCUT2D eigenvalue weighted by atomic mass is 9.89. The number of nitrogens with one attached hydrogen (secondary N) is 1. The summed E-state index contributed by atoms with van der Waals surface area (Å²) in [7, 11) is 1.52. The number of oxime groups is 1. The lowest BCUT2D eigenvalue weighted by Crippen LogP contribution is -2.43. The number of carbonyl (C=O) groups is 2. The van der Waals surface area contributed by atoms with Gasteiger partial charge in [0.1, 0.15) is 18.5 Å². The van der Waals surface area contributed by atoms with Crippen LogP contribution in [-0.2, 0) is 20.7 Å². The average molecular weight is 421 g/mol. The molecule has 1 aliphatic rings. The summed E-state index contributed by atoms with van der Waals surface area (Å²) in [6.45, 7) is 8.83. The molecular weight excluding hydrogens is 388 g/mol. The topological polar surface area (TPSA) is 102 Å². The van der Waals surface area contributed by atoms with E-state index in [0.717, 1.165) is 24.1 Å². The molecule has 0 unspecified atom stereocenters. The molecule has 1 aromatic heterocycles. The predicted octanol–water partition coefficient (Wildman–Crippen LogP) is 3.84. The summed E-state index contributed by atoms with van der Waals surface area (Å²) in [5, 5.41) is 6.85. The molecule has 166 valence electrons. The number of nitrogens with zero attached hydrogens (tertiary/aromatic N) is 3. The zero-order chi connectivity index (χ0) is 22.1. The average Bonchev–Trinajstić information content (AvgIpc) is 2.67. The van der Waals surface area contributed by atoms with E-state index in [0.29, 0.717) is 25.3 Å². The van der Waals surface area contributed by atoms with Crippen molar-refractivity contribution in [3.8, 4) is 0 Å². The van der Waals surface area contributed by atoms with Crippen molar-refractivity contribution in [2.45, 2.75) is 52.6 Å². The monoisotopic (exact) mass is 420 g/mol. The number of anilines is 1. The second-order valence-corrected chi connectivity index (χ2v) is 8.08. The molecule has 2 heterocycles. The van der Waals surface area contributed by atoms with Gasteiger partial charge in [0.25, 0.3) is 0 Å². The molecule has 0 aliphatic carbocycles. The predicted molar refractivity (Wildman–Crippen MR) is 114 cm³/mol. The molecule has 1 aromatic rings. The van der Waals surface area contributed by atoms with Crippen molar-refractivity contribution in [2.75, 3.05) is 32.1 Å². The Morgan fingerprint density at radius 3 is 2.60 bits per heavy atom. The van der Waals surface area contributed by atoms with Crippen LogP contribution < -0.4 is 5.32 Å². The molecule has 2 rings (SSSR count). The van der Waals surface area contributed by atoms with Crippen LogP contribution in [0.5, 0.6) is 0 Å². The molecular formula is C21H32N4O5. The van der Waals surface area contributed by atoms with Gasteiger partial charge in [0.15, 0.2) is 0 Å². The molecule has 9 heteroatoms. The van der Waals surface area contributed by atoms with E-state index in [1.165, 1.54) is 7.11 Å². The number of hydrogen-bond donors (Lipinski definition) is 1. The third-order valence-electron chi connectivity index (χ3n) is 4.54. The van der Waals surface area contributed by atoms with Gasteiger partial charge < -0.3 is 19.2 Å². The van der Waals surface area contributed by atoms with Gasteiger partial charge in [0.2, 0.25) is 0 Å². The van der Waals surface area contributed by atoms with E-state index in [-0.39, 0.29) is 18.6 Å². The van der Waals surface area contributed by atoms with Crippen LogP contribution in [0.3, 0.4) is 0 Å². The molecule has 9 nitrogen and oxygen atoms in total. The number of piperidine rings is 1. The molecule has 1 saturated heterocycles. The maximum absolute atomic E-state index is 12.3. The van der Waals surface area contributed by atoms with Crippen LogP contribution in [0.15, 0.2) is 23.5 Å². The summed E-state index contributed by atoms with van der Waals surface area (Å²) in [6, 6.07) is 3.66. The Labute approximate surface area is 177 Å². The first-order chi connectivity index (χ1) is 14.2. The van der Waals surface area contributed by atoms with Gasteiger partial charge in [0, 0.05) is 31.6 Å². The SMILES string of the molecule is CCOC(=O)Nc1cc(C/C(=N\OC)C2CCN(C(=O)OC(C)(C)C)CC2)ccn1. The van der Waals surface area contributed by atoms with Crippen LogP contribution >= 0.6 is 0 Å². The third-order valence-corrected chi connectivity index (χ3v) is 4.54. The summed E-state index contributed by atoms with van der Waals surface area (Å²) < 4.78 is 10.3. The van der Waals surface area contributed by atoms with Crippen LogP contribution in [0.1, 0.15) is 46.1 Å². The van der Waals surface area contributed by atoms with Crippen molar-refractivity contribution in [3.05, 3.63) is 23.9 Å². The van der Waals surface area contributed by atoms with E-state index in [9.17, 15) is 9.59 Å². The minimum Gasteiger partial charge on any atom is -0.450 e. The number of hydrogen-bond acceptors (Lipinski definition) is 7. The Hall–Kier alpha value is -2.84. The molecule has 0 radical (unpaired) electrons. The summed E-state index contributed by atoms with van der Waals surface area (Å²) >= 11 is 0. The number of aromatic nitrogens is 1. The summed E-state index contributed by atoms with van der Waals surface area (Å²) in [6.07, 6.45) is 2.93. The molecule has 30 heavy (non-hydrogen) atoms. The van der Waals surface area contributed by atoms with Crippen molar-refractivity contribution in [1.29, 1.82) is 0 Å². The standard InChI is InChI=1S/C21H32N4O5/c1-6-29-19(26)23-18-14-15(7-10-22-18)13-17(24-28-5)16-8-11-25(12-9-16)20(27)30-21(2,3)4/h7,10,14,16H,6,8-9,11-13H2,1-5H3,(H,22,23,26)/b24-17+. The molecule has 0 bridgehead atoms. The Morgan fingerprint density at radius 1 is 1.30 bits per heavy atom. The van der Waals surface area contributed by atoms with Gasteiger partial charge >= 0.3 is 12.2 Å². The van der Waals surface area contributed by atoms with Gasteiger partial charge in [-0.2, -0.15) is 0 Å². The number of likely N-dealkylation sites (tertiary alicyclic amines) is 1. The van der Waals surface area contributed by atoms with Crippen molar-refractivity contribution in [1.82, 2.24) is 9.88 Å². The first-order valence-corrected chi connectivity index (χ1v) is 10.2. The van der Waals surface area contributed by atoms with Gasteiger partial charge in [-0.1, -0.05) is 5.16 Å². The fourth-order valence-corrected chi connectivity index (χ4v) is 3.22. The highest BCUT2D eigenvalue weighted by Crippen LogP contribution is 2.23. The first-order valence-electron chi connectivity index (χ1n) is 10.2. The summed E-state index contributed by atoms with van der Waals surface area (Å²) in [5.41, 5.74) is 1.34. The second-order valence-electron chi connectivity index (χ2n) is 8.08. The van der Waals surface area contributed by atoms with E-state index < -0.39 is 11.7 Å². The second kappa shape index (κ2) is 10.8. The van der Waals surface area contributed by atoms with Crippen molar-refractivity contribution in [3.63, 3.8) is 0 Å². The minimum absolute atomic E-state index is 0.193. The van der Waals surface area contributed by atoms with Crippen molar-refractivity contribution in [2.24, 2.45) is 11.1 Å². The lowest BCUT2D eigenvalue weighted by molar-refractivity contribution is 0.0200. The largest absolute Gasteiger partial charge is 0.450 e. The zero-order valence-corrected chi connectivity index (χ0v) is 18.4. The van der Waals surface area contributed by atoms with Gasteiger partial charge in [-0.25, -0.2) is 14.6 Å². The molecule has 0 saturated carbocycles. The number of amides is 2. The Kier molecular flexibility index (Phi) is 8.44. The van der Waals surface area contributed by atoms with E-state index in [1.807, 2.05) is 26.8 Å². The van der Waals surface area contributed by atoms with Gasteiger partial charge in [-0.15, -0.1) is 0 Å². The van der Waals surface area contributed by atoms with Crippen LogP contribution in [0.25, 0.3) is 0 Å². The maximum atomic E-state index is 12.3. The smallest absolute Gasteiger partial charge is 0.412 e. The number of carbonyl (C=O) groups excluding carboxylic acids is 2. The molecule has 1 fully saturated rings. The fraction of sp³-hybridized carbons (Fsp3) is 0.619. The number of ether oxygens (including phenoxy) is 2. The van der Waals surface area contributed by atoms with Crippen molar-refractivity contribution >= 4 is 23.7 Å². The number of pyridine rings is 1. The van der Waals surface area contributed by atoms with E-state index >= 15 is 0 Å². The van der Waals surface area contributed by atoms with E-state index in [4.69, 9.17) is 14.3 Å². The Balaban J connectivity index is 1.98.